The highest BCUT2D eigenvalue weighted by Gasteiger charge is 2.30. The van der Waals surface area contributed by atoms with E-state index in [1.165, 1.54) is 16.7 Å². The van der Waals surface area contributed by atoms with Crippen molar-refractivity contribution in [2.75, 3.05) is 14.1 Å². The second-order valence-corrected chi connectivity index (χ2v) is 4.75. The maximum absolute atomic E-state index is 4.38. The molecular weight excluding hydrogens is 196 g/mol. The fourth-order valence-corrected chi connectivity index (χ4v) is 2.24. The Balaban J connectivity index is 2.46. The minimum atomic E-state index is -0.0645. The van der Waals surface area contributed by atoms with Crippen molar-refractivity contribution in [1.29, 1.82) is 0 Å². The van der Waals surface area contributed by atoms with Crippen LogP contribution in [0.5, 0.6) is 0 Å². The molecule has 0 N–H and O–H groups in total. The largest absolute Gasteiger partial charge is 0.303 e. The van der Waals surface area contributed by atoms with Crippen molar-refractivity contribution in [3.05, 3.63) is 41.5 Å². The third-order valence-electron chi connectivity index (χ3n) is 3.01. The van der Waals surface area contributed by atoms with Gasteiger partial charge in [0, 0.05) is 25.7 Å². The minimum absolute atomic E-state index is 0.0645. The van der Waals surface area contributed by atoms with Gasteiger partial charge < -0.3 is 5.01 Å². The van der Waals surface area contributed by atoms with Gasteiger partial charge in [0.25, 0.3) is 0 Å². The minimum Gasteiger partial charge on any atom is -0.303 e. The van der Waals surface area contributed by atoms with E-state index in [2.05, 4.69) is 49.3 Å². The molecular formula is C14H18N2. The van der Waals surface area contributed by atoms with Crippen LogP contribution < -0.4 is 0 Å². The van der Waals surface area contributed by atoms with Crippen LogP contribution in [0.3, 0.4) is 0 Å². The van der Waals surface area contributed by atoms with Crippen LogP contribution in [0, 0.1) is 0 Å². The second kappa shape index (κ2) is 3.78. The molecule has 0 bridgehead atoms. The van der Waals surface area contributed by atoms with Crippen molar-refractivity contribution in [3.8, 4) is 0 Å². The number of hydrogen-bond donors (Lipinski definition) is 0. The Morgan fingerprint density at radius 2 is 1.94 bits per heavy atom. The van der Waals surface area contributed by atoms with E-state index in [1.807, 2.05) is 25.3 Å². The smallest absolute Gasteiger partial charge is 0.0486 e. The zero-order valence-corrected chi connectivity index (χ0v) is 10.4. The zero-order valence-electron chi connectivity index (χ0n) is 10.4. The van der Waals surface area contributed by atoms with Crippen LogP contribution >= 0.6 is 0 Å². The van der Waals surface area contributed by atoms with Gasteiger partial charge in [-0.3, -0.25) is 0 Å². The highest BCUT2D eigenvalue weighted by atomic mass is 15.4. The molecule has 0 saturated heterocycles. The lowest BCUT2D eigenvalue weighted by Crippen LogP contribution is -2.20. The molecule has 2 rings (SSSR count). The van der Waals surface area contributed by atoms with E-state index in [9.17, 15) is 0 Å². The van der Waals surface area contributed by atoms with Crippen molar-refractivity contribution < 1.29 is 0 Å². The van der Waals surface area contributed by atoms with E-state index < -0.39 is 0 Å². The van der Waals surface area contributed by atoms with Crippen LogP contribution in [0.25, 0.3) is 5.57 Å². The molecule has 1 aliphatic carbocycles. The van der Waals surface area contributed by atoms with Crippen molar-refractivity contribution in [2.24, 2.45) is 5.10 Å². The van der Waals surface area contributed by atoms with Crippen molar-refractivity contribution in [1.82, 2.24) is 5.01 Å². The topological polar surface area (TPSA) is 15.6 Å². The molecule has 0 saturated carbocycles. The summed E-state index contributed by atoms with van der Waals surface area (Å²) in [5.41, 5.74) is 3.96. The molecule has 0 aliphatic heterocycles. The van der Waals surface area contributed by atoms with E-state index in [1.54, 1.807) is 0 Å². The Kier molecular flexibility index (Phi) is 2.58. The van der Waals surface area contributed by atoms with Crippen LogP contribution in [-0.2, 0) is 5.41 Å². The maximum Gasteiger partial charge on any atom is 0.0486 e. The van der Waals surface area contributed by atoms with E-state index in [-0.39, 0.29) is 5.41 Å². The molecule has 0 fully saturated rings. The average molecular weight is 214 g/mol. The predicted molar refractivity (Wildman–Crippen MR) is 69.6 cm³/mol. The maximum atomic E-state index is 4.38. The number of allylic oxidation sites excluding steroid dienone is 2. The Bertz CT molecular complexity index is 458. The SMILES string of the molecule is CC1=CC(C)(/C=N/N(C)C)c2ccccc21. The van der Waals surface area contributed by atoms with Gasteiger partial charge in [-0.05, 0) is 30.5 Å². The normalized spacial score (nSPS) is 23.4. The molecule has 84 valence electrons. The van der Waals surface area contributed by atoms with Gasteiger partial charge in [0.1, 0.15) is 0 Å². The summed E-state index contributed by atoms with van der Waals surface area (Å²) in [6, 6.07) is 8.54. The first kappa shape index (κ1) is 10.9. The summed E-state index contributed by atoms with van der Waals surface area (Å²) in [4.78, 5) is 0. The van der Waals surface area contributed by atoms with Gasteiger partial charge in [0.15, 0.2) is 0 Å². The molecule has 1 atom stereocenters. The standard InChI is InChI=1S/C14H18N2/c1-11-9-14(2,10-15-16(3)4)13-8-6-5-7-12(11)13/h5-10H,1-4H3/b15-10+. The molecule has 1 aromatic rings. The van der Waals surface area contributed by atoms with Crippen LogP contribution in [-0.4, -0.2) is 25.3 Å². The van der Waals surface area contributed by atoms with Gasteiger partial charge >= 0.3 is 0 Å². The summed E-state index contributed by atoms with van der Waals surface area (Å²) >= 11 is 0. The summed E-state index contributed by atoms with van der Waals surface area (Å²) in [5.74, 6) is 0. The molecule has 1 aromatic carbocycles. The molecule has 2 nitrogen and oxygen atoms in total. The highest BCUT2D eigenvalue weighted by molar-refractivity contribution is 5.88. The quantitative estimate of drug-likeness (QED) is 0.546. The van der Waals surface area contributed by atoms with E-state index in [0.717, 1.165) is 0 Å². The summed E-state index contributed by atoms with van der Waals surface area (Å²) < 4.78 is 0. The summed E-state index contributed by atoms with van der Waals surface area (Å²) in [7, 11) is 3.88. The molecule has 1 unspecified atom stereocenters. The van der Waals surface area contributed by atoms with Crippen LogP contribution in [0.1, 0.15) is 25.0 Å². The Labute approximate surface area is 97.3 Å². The zero-order chi connectivity index (χ0) is 11.8. The fourth-order valence-electron chi connectivity index (χ4n) is 2.24. The second-order valence-electron chi connectivity index (χ2n) is 4.75. The molecule has 0 aromatic heterocycles. The number of fused-ring (bicyclic) bond motifs is 1. The van der Waals surface area contributed by atoms with E-state index in [0.29, 0.717) is 0 Å². The third-order valence-corrected chi connectivity index (χ3v) is 3.01. The van der Waals surface area contributed by atoms with Gasteiger partial charge in [-0.2, -0.15) is 5.10 Å². The van der Waals surface area contributed by atoms with Gasteiger partial charge in [-0.1, -0.05) is 30.3 Å². The number of rotatable bonds is 2. The molecule has 0 amide bonds. The summed E-state index contributed by atoms with van der Waals surface area (Å²) in [6.45, 7) is 4.36. The first-order chi connectivity index (χ1) is 7.53. The van der Waals surface area contributed by atoms with Crippen LogP contribution in [0.4, 0.5) is 0 Å². The first-order valence-corrected chi connectivity index (χ1v) is 5.55. The summed E-state index contributed by atoms with van der Waals surface area (Å²) in [6.07, 6.45) is 4.30. The lowest BCUT2D eigenvalue weighted by atomic mass is 9.86. The molecule has 0 radical (unpaired) electrons. The van der Waals surface area contributed by atoms with E-state index in [4.69, 9.17) is 0 Å². The molecule has 0 spiro atoms. The summed E-state index contributed by atoms with van der Waals surface area (Å²) in [5, 5.41) is 6.20. The third kappa shape index (κ3) is 1.75. The molecule has 0 heterocycles. The van der Waals surface area contributed by atoms with Crippen LogP contribution in [0.15, 0.2) is 35.4 Å². The van der Waals surface area contributed by atoms with E-state index >= 15 is 0 Å². The predicted octanol–water partition coefficient (Wildman–Crippen LogP) is 2.91. The first-order valence-electron chi connectivity index (χ1n) is 5.55. The average Bonchev–Trinajstić information content (AvgIpc) is 2.51. The highest BCUT2D eigenvalue weighted by Crippen LogP contribution is 2.38. The van der Waals surface area contributed by atoms with Crippen molar-refractivity contribution in [3.63, 3.8) is 0 Å². The molecule has 1 aliphatic rings. The molecule has 2 heteroatoms. The number of nitrogens with zero attached hydrogens (tertiary/aromatic N) is 2. The number of benzene rings is 1. The number of hydrazone groups is 1. The number of hydrogen-bond acceptors (Lipinski definition) is 2. The Morgan fingerprint density at radius 1 is 1.25 bits per heavy atom. The van der Waals surface area contributed by atoms with Gasteiger partial charge in [0.2, 0.25) is 0 Å². The van der Waals surface area contributed by atoms with Gasteiger partial charge in [0.05, 0.1) is 0 Å². The van der Waals surface area contributed by atoms with Crippen LogP contribution in [0.2, 0.25) is 0 Å². The fraction of sp³-hybridized carbons (Fsp3) is 0.357. The lowest BCUT2D eigenvalue weighted by molar-refractivity contribution is 0.436. The Hall–Kier alpha value is -1.57. The van der Waals surface area contributed by atoms with Crippen molar-refractivity contribution >= 4 is 11.8 Å². The molecule has 16 heavy (non-hydrogen) atoms. The van der Waals surface area contributed by atoms with Crippen molar-refractivity contribution in [2.45, 2.75) is 19.3 Å². The lowest BCUT2D eigenvalue weighted by Gasteiger charge is -2.19. The van der Waals surface area contributed by atoms with Gasteiger partial charge in [-0.15, -0.1) is 0 Å². The Morgan fingerprint density at radius 3 is 2.62 bits per heavy atom. The monoisotopic (exact) mass is 214 g/mol. The van der Waals surface area contributed by atoms with Gasteiger partial charge in [-0.25, -0.2) is 0 Å².